The van der Waals surface area contributed by atoms with Crippen LogP contribution in [0.15, 0.2) is 22.7 Å². The van der Waals surface area contributed by atoms with E-state index in [4.69, 9.17) is 5.73 Å². The van der Waals surface area contributed by atoms with Crippen molar-refractivity contribution in [3.63, 3.8) is 0 Å². The summed E-state index contributed by atoms with van der Waals surface area (Å²) in [4.78, 5) is 14.5. The van der Waals surface area contributed by atoms with Crippen molar-refractivity contribution in [1.29, 1.82) is 0 Å². The summed E-state index contributed by atoms with van der Waals surface area (Å²) in [6.07, 6.45) is 1.93. The molecule has 4 heteroatoms. The minimum atomic E-state index is 0.120. The van der Waals surface area contributed by atoms with Gasteiger partial charge in [-0.15, -0.1) is 0 Å². The normalized spacial score (nSPS) is 23.5. The van der Waals surface area contributed by atoms with Crippen LogP contribution in [0, 0.1) is 12.8 Å². The predicted molar refractivity (Wildman–Crippen MR) is 81.2 cm³/mol. The Kier molecular flexibility index (Phi) is 4.63. The Bertz CT molecular complexity index is 455. The Morgan fingerprint density at radius 3 is 2.84 bits per heavy atom. The number of halogens is 1. The van der Waals surface area contributed by atoms with Crippen molar-refractivity contribution in [2.45, 2.75) is 32.7 Å². The molecule has 0 saturated carbocycles. The van der Waals surface area contributed by atoms with Gasteiger partial charge in [0.2, 0.25) is 0 Å². The van der Waals surface area contributed by atoms with Crippen LogP contribution in [-0.4, -0.2) is 29.9 Å². The molecule has 104 valence electrons. The second kappa shape index (κ2) is 6.06. The third-order valence-electron chi connectivity index (χ3n) is 3.89. The van der Waals surface area contributed by atoms with E-state index >= 15 is 0 Å². The predicted octanol–water partition coefficient (Wildman–Crippen LogP) is 2.96. The first kappa shape index (κ1) is 14.5. The number of piperidine rings is 1. The lowest BCUT2D eigenvalue weighted by Gasteiger charge is -2.36. The van der Waals surface area contributed by atoms with Gasteiger partial charge in [-0.25, -0.2) is 0 Å². The van der Waals surface area contributed by atoms with Gasteiger partial charge < -0.3 is 10.6 Å². The number of rotatable bonds is 2. The fraction of sp³-hybridized carbons (Fsp3) is 0.533. The maximum Gasteiger partial charge on any atom is 0.253 e. The van der Waals surface area contributed by atoms with E-state index in [9.17, 15) is 4.79 Å². The van der Waals surface area contributed by atoms with E-state index in [2.05, 4.69) is 22.9 Å². The zero-order valence-electron chi connectivity index (χ0n) is 11.5. The highest BCUT2D eigenvalue weighted by atomic mass is 79.9. The van der Waals surface area contributed by atoms with Crippen LogP contribution in [0.4, 0.5) is 0 Å². The molecule has 0 aliphatic carbocycles. The van der Waals surface area contributed by atoms with Gasteiger partial charge >= 0.3 is 0 Å². The van der Waals surface area contributed by atoms with Crippen molar-refractivity contribution in [3.8, 4) is 0 Å². The first-order chi connectivity index (χ1) is 9.01. The fourth-order valence-electron chi connectivity index (χ4n) is 2.71. The standard InChI is InChI=1S/C15H21BrN2O/c1-3-11-9-18(5-4-14(11)17)15(19)12-6-10(2)7-13(16)8-12/h6-8,11,14H,3-5,9,17H2,1-2H3. The van der Waals surface area contributed by atoms with Crippen molar-refractivity contribution in [2.24, 2.45) is 11.7 Å². The van der Waals surface area contributed by atoms with E-state index in [0.717, 1.165) is 41.5 Å². The topological polar surface area (TPSA) is 46.3 Å². The molecule has 2 N–H and O–H groups in total. The maximum atomic E-state index is 12.5. The number of carbonyl (C=O) groups excluding carboxylic acids is 1. The highest BCUT2D eigenvalue weighted by Gasteiger charge is 2.28. The molecular weight excluding hydrogens is 304 g/mol. The molecule has 1 aliphatic heterocycles. The third-order valence-corrected chi connectivity index (χ3v) is 4.35. The molecule has 1 aromatic rings. The summed E-state index contributed by atoms with van der Waals surface area (Å²) in [7, 11) is 0. The third kappa shape index (κ3) is 3.37. The van der Waals surface area contributed by atoms with Gasteiger partial charge in [0.15, 0.2) is 0 Å². The minimum Gasteiger partial charge on any atom is -0.338 e. The number of carbonyl (C=O) groups is 1. The molecule has 0 radical (unpaired) electrons. The average molecular weight is 325 g/mol. The van der Waals surface area contributed by atoms with Crippen LogP contribution in [-0.2, 0) is 0 Å². The monoisotopic (exact) mass is 324 g/mol. The number of hydrogen-bond acceptors (Lipinski definition) is 2. The summed E-state index contributed by atoms with van der Waals surface area (Å²) < 4.78 is 0.955. The number of amides is 1. The number of likely N-dealkylation sites (tertiary alicyclic amines) is 1. The zero-order valence-corrected chi connectivity index (χ0v) is 13.1. The Hall–Kier alpha value is -0.870. The Labute approximate surface area is 123 Å². The van der Waals surface area contributed by atoms with E-state index in [1.54, 1.807) is 0 Å². The van der Waals surface area contributed by atoms with Crippen LogP contribution in [0.25, 0.3) is 0 Å². The Morgan fingerprint density at radius 1 is 1.47 bits per heavy atom. The van der Waals surface area contributed by atoms with Gasteiger partial charge in [0, 0.05) is 29.2 Å². The highest BCUT2D eigenvalue weighted by molar-refractivity contribution is 9.10. The van der Waals surface area contributed by atoms with E-state index in [1.807, 2.05) is 30.0 Å². The molecule has 0 aromatic heterocycles. The SMILES string of the molecule is CCC1CN(C(=O)c2cc(C)cc(Br)c2)CCC1N. The number of hydrogen-bond donors (Lipinski definition) is 1. The Morgan fingerprint density at radius 2 is 2.21 bits per heavy atom. The molecule has 1 saturated heterocycles. The summed E-state index contributed by atoms with van der Waals surface area (Å²) in [6.45, 7) is 5.69. The molecule has 19 heavy (non-hydrogen) atoms. The molecule has 0 bridgehead atoms. The fourth-order valence-corrected chi connectivity index (χ4v) is 3.32. The van der Waals surface area contributed by atoms with Gasteiger partial charge in [-0.2, -0.15) is 0 Å². The van der Waals surface area contributed by atoms with Crippen LogP contribution in [0.3, 0.4) is 0 Å². The van der Waals surface area contributed by atoms with Crippen molar-refractivity contribution in [2.75, 3.05) is 13.1 Å². The van der Waals surface area contributed by atoms with Crippen molar-refractivity contribution in [1.82, 2.24) is 4.90 Å². The molecule has 1 amide bonds. The molecule has 3 nitrogen and oxygen atoms in total. The second-order valence-corrected chi connectivity index (χ2v) is 6.30. The van der Waals surface area contributed by atoms with Gasteiger partial charge in [0.1, 0.15) is 0 Å². The van der Waals surface area contributed by atoms with Crippen molar-refractivity contribution in [3.05, 3.63) is 33.8 Å². The van der Waals surface area contributed by atoms with Crippen LogP contribution >= 0.6 is 15.9 Å². The largest absolute Gasteiger partial charge is 0.338 e. The van der Waals surface area contributed by atoms with Crippen molar-refractivity contribution >= 4 is 21.8 Å². The van der Waals surface area contributed by atoms with Gasteiger partial charge in [0.05, 0.1) is 0 Å². The highest BCUT2D eigenvalue weighted by Crippen LogP contribution is 2.22. The van der Waals surface area contributed by atoms with Crippen LogP contribution in [0.2, 0.25) is 0 Å². The number of aryl methyl sites for hydroxylation is 1. The van der Waals surface area contributed by atoms with E-state index in [-0.39, 0.29) is 11.9 Å². The smallest absolute Gasteiger partial charge is 0.253 e. The summed E-state index contributed by atoms with van der Waals surface area (Å²) in [5.74, 6) is 0.542. The minimum absolute atomic E-state index is 0.120. The van der Waals surface area contributed by atoms with Gasteiger partial charge in [0.25, 0.3) is 5.91 Å². The number of nitrogens with two attached hydrogens (primary N) is 1. The average Bonchev–Trinajstić information content (AvgIpc) is 2.37. The quantitative estimate of drug-likeness (QED) is 0.909. The summed E-state index contributed by atoms with van der Waals surface area (Å²) >= 11 is 3.45. The van der Waals surface area contributed by atoms with Crippen LogP contribution in [0.1, 0.15) is 35.7 Å². The summed E-state index contributed by atoms with van der Waals surface area (Å²) in [6, 6.07) is 6.09. The lowest BCUT2D eigenvalue weighted by molar-refractivity contribution is 0.0649. The lowest BCUT2D eigenvalue weighted by atomic mass is 9.90. The molecule has 1 aliphatic rings. The van der Waals surface area contributed by atoms with E-state index in [1.165, 1.54) is 0 Å². The number of nitrogens with zero attached hydrogens (tertiary/aromatic N) is 1. The molecule has 2 rings (SSSR count). The molecule has 1 heterocycles. The molecule has 0 spiro atoms. The van der Waals surface area contributed by atoms with Crippen LogP contribution in [0.5, 0.6) is 0 Å². The number of benzene rings is 1. The van der Waals surface area contributed by atoms with Crippen LogP contribution < -0.4 is 5.73 Å². The van der Waals surface area contributed by atoms with Gasteiger partial charge in [-0.1, -0.05) is 29.3 Å². The maximum absolute atomic E-state index is 12.5. The first-order valence-electron chi connectivity index (χ1n) is 6.83. The van der Waals surface area contributed by atoms with E-state index < -0.39 is 0 Å². The second-order valence-electron chi connectivity index (χ2n) is 5.39. The van der Waals surface area contributed by atoms with E-state index in [0.29, 0.717) is 5.92 Å². The lowest BCUT2D eigenvalue weighted by Crippen LogP contribution is -2.49. The molecule has 2 unspecified atom stereocenters. The molecular formula is C15H21BrN2O. The summed E-state index contributed by atoms with van der Waals surface area (Å²) in [5, 5.41) is 0. The first-order valence-corrected chi connectivity index (χ1v) is 7.62. The molecule has 1 fully saturated rings. The molecule has 1 aromatic carbocycles. The van der Waals surface area contributed by atoms with Crippen molar-refractivity contribution < 1.29 is 4.79 Å². The summed E-state index contributed by atoms with van der Waals surface area (Å²) in [5.41, 5.74) is 7.95. The van der Waals surface area contributed by atoms with Gasteiger partial charge in [-0.3, -0.25) is 4.79 Å². The molecule has 2 atom stereocenters. The zero-order chi connectivity index (χ0) is 14.0. The Balaban J connectivity index is 2.15. The van der Waals surface area contributed by atoms with Gasteiger partial charge in [-0.05, 0) is 43.0 Å².